The summed E-state index contributed by atoms with van der Waals surface area (Å²) in [6, 6.07) is 5.86. The Kier molecular flexibility index (Phi) is 2.48. The van der Waals surface area contributed by atoms with Crippen molar-refractivity contribution in [2.45, 2.75) is 26.2 Å². The fourth-order valence-electron chi connectivity index (χ4n) is 1.70. The first-order valence-electron chi connectivity index (χ1n) is 5.07. The lowest BCUT2D eigenvalue weighted by Gasteiger charge is -2.14. The number of amides is 1. The number of aromatic nitrogens is 1. The second-order valence-corrected chi connectivity index (χ2v) is 3.49. The van der Waals surface area contributed by atoms with Gasteiger partial charge >= 0.3 is 0 Å². The van der Waals surface area contributed by atoms with Crippen LogP contribution in [0.2, 0.25) is 0 Å². The minimum atomic E-state index is 0.200. The van der Waals surface area contributed by atoms with Crippen molar-refractivity contribution < 1.29 is 4.79 Å². The first-order valence-corrected chi connectivity index (χ1v) is 5.07. The van der Waals surface area contributed by atoms with Crippen molar-refractivity contribution in [3.63, 3.8) is 0 Å². The molecule has 0 aromatic carbocycles. The lowest BCUT2D eigenvalue weighted by atomic mass is 10.3. The Labute approximate surface area is 83.8 Å². The number of rotatable bonds is 2. The average Bonchev–Trinajstić information content (AvgIpc) is 2.65. The molecule has 0 atom stereocenters. The molecule has 1 aliphatic heterocycles. The van der Waals surface area contributed by atoms with E-state index in [2.05, 4.69) is 11.9 Å². The minimum Gasteiger partial charge on any atom is -0.297 e. The van der Waals surface area contributed by atoms with Crippen LogP contribution in [0.4, 0.5) is 5.82 Å². The topological polar surface area (TPSA) is 33.2 Å². The van der Waals surface area contributed by atoms with E-state index in [0.717, 1.165) is 30.9 Å². The molecule has 1 amide bonds. The minimum absolute atomic E-state index is 0.200. The van der Waals surface area contributed by atoms with E-state index in [-0.39, 0.29) is 5.91 Å². The fraction of sp³-hybridized carbons (Fsp3) is 0.455. The van der Waals surface area contributed by atoms with Gasteiger partial charge in [-0.15, -0.1) is 0 Å². The molecule has 0 unspecified atom stereocenters. The van der Waals surface area contributed by atoms with Gasteiger partial charge in [0.2, 0.25) is 5.91 Å². The summed E-state index contributed by atoms with van der Waals surface area (Å²) in [5, 5.41) is 0. The normalized spacial score (nSPS) is 16.4. The number of pyridine rings is 1. The van der Waals surface area contributed by atoms with Crippen LogP contribution in [0.5, 0.6) is 0 Å². The van der Waals surface area contributed by atoms with Gasteiger partial charge in [-0.2, -0.15) is 0 Å². The highest BCUT2D eigenvalue weighted by molar-refractivity contribution is 5.94. The van der Waals surface area contributed by atoms with Crippen molar-refractivity contribution in [1.29, 1.82) is 0 Å². The third-order valence-corrected chi connectivity index (χ3v) is 2.50. The Morgan fingerprint density at radius 1 is 1.50 bits per heavy atom. The van der Waals surface area contributed by atoms with Gasteiger partial charge in [0, 0.05) is 18.7 Å². The van der Waals surface area contributed by atoms with Gasteiger partial charge < -0.3 is 0 Å². The Morgan fingerprint density at radius 2 is 2.36 bits per heavy atom. The predicted octanol–water partition coefficient (Wildman–Crippen LogP) is 1.77. The summed E-state index contributed by atoms with van der Waals surface area (Å²) in [6.07, 6.45) is 2.53. The fourth-order valence-corrected chi connectivity index (χ4v) is 1.70. The van der Waals surface area contributed by atoms with E-state index in [1.54, 1.807) is 4.90 Å². The Morgan fingerprint density at radius 3 is 3.00 bits per heavy atom. The highest BCUT2D eigenvalue weighted by atomic mass is 16.2. The number of anilines is 1. The van der Waals surface area contributed by atoms with Crippen LogP contribution in [0.15, 0.2) is 18.2 Å². The molecule has 0 spiro atoms. The molecule has 0 aliphatic carbocycles. The molecule has 1 aliphatic rings. The standard InChI is InChI=1S/C11H14N2O/c1-2-9-5-3-6-10(12-9)13-8-4-7-11(13)14/h3,5-6H,2,4,7-8H2,1H3. The molecule has 1 aromatic rings. The smallest absolute Gasteiger partial charge is 0.228 e. The molecule has 2 rings (SSSR count). The summed E-state index contributed by atoms with van der Waals surface area (Å²) < 4.78 is 0. The highest BCUT2D eigenvalue weighted by Gasteiger charge is 2.22. The van der Waals surface area contributed by atoms with Crippen molar-refractivity contribution in [2.24, 2.45) is 0 Å². The maximum absolute atomic E-state index is 11.5. The van der Waals surface area contributed by atoms with Gasteiger partial charge in [-0.25, -0.2) is 4.98 Å². The maximum atomic E-state index is 11.5. The van der Waals surface area contributed by atoms with Gasteiger partial charge in [0.25, 0.3) is 0 Å². The number of carbonyl (C=O) groups excluding carboxylic acids is 1. The number of nitrogens with zero attached hydrogens (tertiary/aromatic N) is 2. The van der Waals surface area contributed by atoms with Crippen LogP contribution in [0.3, 0.4) is 0 Å². The molecular formula is C11H14N2O. The van der Waals surface area contributed by atoms with Crippen LogP contribution in [-0.2, 0) is 11.2 Å². The number of hydrogen-bond donors (Lipinski definition) is 0. The highest BCUT2D eigenvalue weighted by Crippen LogP contribution is 2.19. The lowest BCUT2D eigenvalue weighted by molar-refractivity contribution is -0.117. The molecule has 3 heteroatoms. The maximum Gasteiger partial charge on any atom is 0.228 e. The van der Waals surface area contributed by atoms with Gasteiger partial charge in [-0.05, 0) is 25.0 Å². The quantitative estimate of drug-likeness (QED) is 0.712. The number of hydrogen-bond acceptors (Lipinski definition) is 2. The summed E-state index contributed by atoms with van der Waals surface area (Å²) in [7, 11) is 0. The Balaban J connectivity index is 2.26. The van der Waals surface area contributed by atoms with Crippen LogP contribution in [0, 0.1) is 0 Å². The van der Waals surface area contributed by atoms with E-state index < -0.39 is 0 Å². The van der Waals surface area contributed by atoms with Crippen LogP contribution in [-0.4, -0.2) is 17.4 Å². The largest absolute Gasteiger partial charge is 0.297 e. The zero-order valence-electron chi connectivity index (χ0n) is 8.36. The van der Waals surface area contributed by atoms with Crippen LogP contribution in [0.1, 0.15) is 25.5 Å². The van der Waals surface area contributed by atoms with Crippen LogP contribution < -0.4 is 4.90 Å². The van der Waals surface area contributed by atoms with E-state index in [4.69, 9.17) is 0 Å². The molecule has 1 fully saturated rings. The van der Waals surface area contributed by atoms with Gasteiger partial charge in [-0.3, -0.25) is 9.69 Å². The molecule has 3 nitrogen and oxygen atoms in total. The molecule has 14 heavy (non-hydrogen) atoms. The Hall–Kier alpha value is -1.38. The van der Waals surface area contributed by atoms with Gasteiger partial charge in [-0.1, -0.05) is 13.0 Å². The molecule has 1 saturated heterocycles. The summed E-state index contributed by atoms with van der Waals surface area (Å²) in [5.41, 5.74) is 1.04. The SMILES string of the molecule is CCc1cccc(N2CCCC2=O)n1. The third-order valence-electron chi connectivity index (χ3n) is 2.50. The zero-order chi connectivity index (χ0) is 9.97. The van der Waals surface area contributed by atoms with Crippen LogP contribution in [0.25, 0.3) is 0 Å². The molecular weight excluding hydrogens is 176 g/mol. The van der Waals surface area contributed by atoms with Crippen molar-refractivity contribution in [1.82, 2.24) is 4.98 Å². The first-order chi connectivity index (χ1) is 6.81. The third kappa shape index (κ3) is 1.62. The monoisotopic (exact) mass is 190 g/mol. The molecule has 0 radical (unpaired) electrons. The molecule has 0 N–H and O–H groups in total. The zero-order valence-corrected chi connectivity index (χ0v) is 8.36. The molecule has 0 bridgehead atoms. The van der Waals surface area contributed by atoms with E-state index in [1.165, 1.54) is 0 Å². The predicted molar refractivity (Wildman–Crippen MR) is 55.2 cm³/mol. The van der Waals surface area contributed by atoms with Crippen LogP contribution >= 0.6 is 0 Å². The van der Waals surface area contributed by atoms with Gasteiger partial charge in [0.05, 0.1) is 0 Å². The van der Waals surface area contributed by atoms with Crippen molar-refractivity contribution in [3.05, 3.63) is 23.9 Å². The first kappa shape index (κ1) is 9.19. The lowest BCUT2D eigenvalue weighted by Crippen LogP contribution is -2.24. The molecule has 1 aromatic heterocycles. The summed E-state index contributed by atoms with van der Waals surface area (Å²) >= 11 is 0. The second kappa shape index (κ2) is 3.78. The summed E-state index contributed by atoms with van der Waals surface area (Å²) in [5.74, 6) is 1.01. The van der Waals surface area contributed by atoms with Gasteiger partial charge in [0.1, 0.15) is 5.82 Å². The Bertz CT molecular complexity index is 349. The molecule has 74 valence electrons. The average molecular weight is 190 g/mol. The number of aryl methyl sites for hydroxylation is 1. The number of carbonyl (C=O) groups is 1. The van der Waals surface area contributed by atoms with Gasteiger partial charge in [0.15, 0.2) is 0 Å². The summed E-state index contributed by atoms with van der Waals surface area (Å²) in [4.78, 5) is 17.7. The van der Waals surface area contributed by atoms with Crippen molar-refractivity contribution in [3.8, 4) is 0 Å². The molecule has 2 heterocycles. The second-order valence-electron chi connectivity index (χ2n) is 3.49. The van der Waals surface area contributed by atoms with Crippen molar-refractivity contribution >= 4 is 11.7 Å². The van der Waals surface area contributed by atoms with E-state index in [1.807, 2.05) is 18.2 Å². The summed E-state index contributed by atoms with van der Waals surface area (Å²) in [6.45, 7) is 2.89. The van der Waals surface area contributed by atoms with Crippen molar-refractivity contribution in [2.75, 3.05) is 11.4 Å². The van der Waals surface area contributed by atoms with E-state index in [0.29, 0.717) is 6.42 Å². The van der Waals surface area contributed by atoms with E-state index in [9.17, 15) is 4.79 Å². The van der Waals surface area contributed by atoms with E-state index >= 15 is 0 Å². The molecule has 0 saturated carbocycles.